The minimum atomic E-state index is -3.38. The lowest BCUT2D eigenvalue weighted by molar-refractivity contribution is -0.136. The van der Waals surface area contributed by atoms with Crippen molar-refractivity contribution in [2.45, 2.75) is 70.9 Å². The molecule has 316 valence electrons. The Morgan fingerprint density at radius 2 is 0.842 bits per heavy atom. The molecule has 0 unspecified atom stereocenters. The van der Waals surface area contributed by atoms with Crippen LogP contribution in [0.1, 0.15) is 47.9 Å². The molecule has 0 atom stereocenters. The molecule has 0 aromatic heterocycles. The van der Waals surface area contributed by atoms with Crippen molar-refractivity contribution in [2.24, 2.45) is 0 Å². The van der Waals surface area contributed by atoms with E-state index in [2.05, 4.69) is 34.7 Å². The molecule has 4 rings (SSSR count). The fraction of sp³-hybridized carbons (Fsp3) is 0.390. The van der Waals surface area contributed by atoms with Crippen LogP contribution in [0.25, 0.3) is 0 Å². The Labute approximate surface area is 348 Å². The average Bonchev–Trinajstić information content (AvgIpc) is 3.17. The van der Waals surface area contributed by atoms with Crippen LogP contribution < -0.4 is 0 Å². The highest BCUT2D eigenvalue weighted by molar-refractivity contribution is 7.98. The van der Waals surface area contributed by atoms with E-state index in [9.17, 15) is 30.0 Å². The molecule has 0 aliphatic rings. The molecule has 57 heavy (non-hydrogen) atoms. The van der Waals surface area contributed by atoms with Gasteiger partial charge in [-0.2, -0.15) is 8.42 Å². The Morgan fingerprint density at radius 1 is 0.526 bits per heavy atom. The number of benzene rings is 4. The molecule has 3 N–H and O–H groups in total. The zero-order valence-corrected chi connectivity index (χ0v) is 37.2. The number of carboxylic acids is 1. The van der Waals surface area contributed by atoms with Gasteiger partial charge in [0.2, 0.25) is 0 Å². The van der Waals surface area contributed by atoms with Gasteiger partial charge in [0.15, 0.2) is 19.7 Å². The molecular formula is C41H56O11S5. The number of carbonyl (C=O) groups is 1. The quantitative estimate of drug-likeness (QED) is 0.0540. The number of hydrogen-bond donors (Lipinski definition) is 3. The molecule has 0 saturated heterocycles. The van der Waals surface area contributed by atoms with Crippen molar-refractivity contribution >= 4 is 59.3 Å². The van der Waals surface area contributed by atoms with Gasteiger partial charge in [0.05, 0.1) is 22.7 Å². The molecule has 0 aliphatic carbocycles. The third-order valence-electron chi connectivity index (χ3n) is 7.80. The van der Waals surface area contributed by atoms with Crippen LogP contribution >= 0.6 is 23.5 Å². The maximum atomic E-state index is 11.2. The fourth-order valence-corrected chi connectivity index (χ4v) is 7.19. The summed E-state index contributed by atoms with van der Waals surface area (Å²) in [5, 5.41) is 25.7. The van der Waals surface area contributed by atoms with E-state index in [1.807, 2.05) is 30.5 Å². The van der Waals surface area contributed by atoms with Gasteiger partial charge >= 0.3 is 5.97 Å². The van der Waals surface area contributed by atoms with Gasteiger partial charge in [-0.1, -0.05) is 48.5 Å². The molecule has 0 saturated carbocycles. The number of hydrogen-bond acceptors (Lipinski definition) is 12. The normalized spacial score (nSPS) is 11.2. The van der Waals surface area contributed by atoms with Crippen molar-refractivity contribution in [1.82, 2.24) is 0 Å². The Morgan fingerprint density at radius 3 is 1.12 bits per heavy atom. The van der Waals surface area contributed by atoms with E-state index >= 15 is 0 Å². The highest BCUT2D eigenvalue weighted by Crippen LogP contribution is 2.17. The lowest BCUT2D eigenvalue weighted by Gasteiger charge is -2.03. The molecule has 0 bridgehead atoms. The van der Waals surface area contributed by atoms with Crippen molar-refractivity contribution in [3.8, 4) is 0 Å². The topological polar surface area (TPSA) is 189 Å². The summed E-state index contributed by atoms with van der Waals surface area (Å²) in [5.41, 5.74) is 4.38. The van der Waals surface area contributed by atoms with E-state index in [0.717, 1.165) is 48.5 Å². The molecule has 4 aromatic rings. The second-order valence-electron chi connectivity index (χ2n) is 12.7. The average molecular weight is 885 g/mol. The summed E-state index contributed by atoms with van der Waals surface area (Å²) < 4.78 is 70.7. The molecule has 0 aliphatic heterocycles. The SMILES string of the molecule is CS(=O)(=O)OCCCc1ccc(S(C)(=O)=O)cc1.CS(=O)(=O)c1ccc(CCCO)cc1.CSc1ccc(CCC(=O)O)cc1.CSc1ccc(CCCO)cc1. The maximum Gasteiger partial charge on any atom is 0.303 e. The molecule has 0 heterocycles. The molecule has 4 aromatic carbocycles. The Kier molecular flexibility index (Phi) is 25.0. The van der Waals surface area contributed by atoms with Crippen molar-refractivity contribution in [3.05, 3.63) is 119 Å². The van der Waals surface area contributed by atoms with Gasteiger partial charge in [-0.25, -0.2) is 16.8 Å². The maximum absolute atomic E-state index is 11.2. The minimum Gasteiger partial charge on any atom is -0.481 e. The first-order valence-corrected chi connectivity index (χ1v) is 26.0. The van der Waals surface area contributed by atoms with E-state index in [0.29, 0.717) is 30.6 Å². The van der Waals surface area contributed by atoms with Crippen LogP contribution in [0.4, 0.5) is 0 Å². The largest absolute Gasteiger partial charge is 0.481 e. The monoisotopic (exact) mass is 884 g/mol. The first-order chi connectivity index (χ1) is 26.8. The fourth-order valence-electron chi connectivity index (χ4n) is 4.70. The zero-order chi connectivity index (χ0) is 42.9. The third-order valence-corrected chi connectivity index (χ3v) is 12.1. The molecule has 16 heteroatoms. The molecule has 11 nitrogen and oxygen atoms in total. The number of sulfone groups is 2. The molecular weight excluding hydrogens is 829 g/mol. The van der Waals surface area contributed by atoms with Crippen LogP contribution in [0.5, 0.6) is 0 Å². The van der Waals surface area contributed by atoms with Crippen LogP contribution in [-0.4, -0.2) is 97.6 Å². The summed E-state index contributed by atoms with van der Waals surface area (Å²) in [4.78, 5) is 13.4. The molecule has 0 spiro atoms. The number of aliphatic hydroxyl groups excluding tert-OH is 2. The van der Waals surface area contributed by atoms with E-state index in [4.69, 9.17) is 15.3 Å². The summed E-state index contributed by atoms with van der Waals surface area (Å²) in [5.74, 6) is -0.742. The van der Waals surface area contributed by atoms with Crippen molar-refractivity contribution in [3.63, 3.8) is 0 Å². The zero-order valence-electron chi connectivity index (χ0n) is 33.2. The van der Waals surface area contributed by atoms with E-state index < -0.39 is 35.8 Å². The van der Waals surface area contributed by atoms with Crippen molar-refractivity contribution < 1.29 is 49.6 Å². The van der Waals surface area contributed by atoms with Crippen molar-refractivity contribution in [2.75, 3.05) is 51.1 Å². The Bertz CT molecular complexity index is 2050. The number of rotatable bonds is 18. The summed E-state index contributed by atoms with van der Waals surface area (Å²) >= 11 is 3.44. The van der Waals surface area contributed by atoms with Crippen LogP contribution in [0.3, 0.4) is 0 Å². The summed E-state index contributed by atoms with van der Waals surface area (Å²) in [7, 11) is -9.64. The number of aryl methyl sites for hydroxylation is 4. The predicted octanol–water partition coefficient (Wildman–Crippen LogP) is 6.77. The minimum absolute atomic E-state index is 0.132. The highest BCUT2D eigenvalue weighted by atomic mass is 32.2. The van der Waals surface area contributed by atoms with Gasteiger partial charge in [0.25, 0.3) is 10.1 Å². The summed E-state index contributed by atoms with van der Waals surface area (Å²) in [6.45, 7) is 0.574. The molecule has 0 radical (unpaired) electrons. The van der Waals surface area contributed by atoms with Crippen LogP contribution in [0, 0.1) is 0 Å². The van der Waals surface area contributed by atoms with Crippen molar-refractivity contribution in [1.29, 1.82) is 0 Å². The van der Waals surface area contributed by atoms with E-state index in [1.54, 1.807) is 72.1 Å². The van der Waals surface area contributed by atoms with Crippen LogP contribution in [0.15, 0.2) is 117 Å². The van der Waals surface area contributed by atoms with E-state index in [1.165, 1.54) is 21.6 Å². The Balaban J connectivity index is 0.000000385. The molecule has 0 fully saturated rings. The second-order valence-corrected chi connectivity index (χ2v) is 20.1. The number of aliphatic carboxylic acids is 1. The highest BCUT2D eigenvalue weighted by Gasteiger charge is 2.07. The second kappa shape index (κ2) is 27.5. The number of thioether (sulfide) groups is 2. The van der Waals surface area contributed by atoms with Crippen LogP contribution in [-0.2, 0) is 64.5 Å². The molecule has 0 amide bonds. The predicted molar refractivity (Wildman–Crippen MR) is 231 cm³/mol. The first kappa shape index (κ1) is 51.8. The lowest BCUT2D eigenvalue weighted by Crippen LogP contribution is -2.05. The van der Waals surface area contributed by atoms with Gasteiger partial charge in [0.1, 0.15) is 0 Å². The van der Waals surface area contributed by atoms with Gasteiger partial charge in [-0.05, 0) is 128 Å². The lowest BCUT2D eigenvalue weighted by atomic mass is 10.1. The summed E-state index contributed by atoms with van der Waals surface area (Å²) in [6, 6.07) is 29.8. The third kappa shape index (κ3) is 25.0. The van der Waals surface area contributed by atoms with Gasteiger partial charge in [0, 0.05) is 41.9 Å². The van der Waals surface area contributed by atoms with E-state index in [-0.39, 0.29) is 31.1 Å². The Hall–Kier alpha value is -3.22. The van der Waals surface area contributed by atoms with Gasteiger partial charge < -0.3 is 15.3 Å². The van der Waals surface area contributed by atoms with Crippen LogP contribution in [0.2, 0.25) is 0 Å². The standard InChI is InChI=1S/C11H16O5S2.C10H14O3S.C10H12O2S.C10H14OS/c1-17(12,13)11-7-5-10(6-8-11)4-3-9-16-18(2,14)15;1-14(12,13)10-6-4-9(5-7-10)3-2-8-11;1-13-9-5-2-8(3-6-9)4-7-10(11)12;1-12-10-6-4-9(5-7-10)3-2-8-11/h5-8H,3-4,9H2,1-2H3;4-7,11H,2-3,8H2,1H3;2-3,5-6H,4,7H2,1H3,(H,11,12);4-7,11H,2-3,8H2,1H3. The first-order valence-electron chi connectivity index (χ1n) is 17.9. The number of carboxylic acid groups (broad SMARTS) is 1. The summed E-state index contributed by atoms with van der Waals surface area (Å²) in [6.07, 6.45) is 12.8. The van der Waals surface area contributed by atoms with Gasteiger partial charge in [-0.3, -0.25) is 8.98 Å². The smallest absolute Gasteiger partial charge is 0.303 e. The van der Waals surface area contributed by atoms with Gasteiger partial charge in [-0.15, -0.1) is 23.5 Å². The number of aliphatic hydroxyl groups is 2.